The molecular weight excluding hydrogens is 412 g/mol. The molecule has 162 valence electrons. The van der Waals surface area contributed by atoms with Crippen LogP contribution in [0, 0.1) is 13.8 Å². The van der Waals surface area contributed by atoms with E-state index in [1.54, 1.807) is 30.3 Å². The van der Waals surface area contributed by atoms with Crippen LogP contribution in [0.3, 0.4) is 0 Å². The number of sulfonamides is 1. The summed E-state index contributed by atoms with van der Waals surface area (Å²) in [5.41, 5.74) is 3.98. The first kappa shape index (κ1) is 22.4. The van der Waals surface area contributed by atoms with E-state index in [0.717, 1.165) is 16.7 Å². The minimum atomic E-state index is -3.79. The van der Waals surface area contributed by atoms with Crippen LogP contribution >= 0.6 is 0 Å². The second-order valence-corrected chi connectivity index (χ2v) is 9.10. The van der Waals surface area contributed by atoms with Crippen LogP contribution in [0.1, 0.15) is 40.0 Å². The number of carbonyl (C=O) groups excluding carboxylic acids is 1. The maximum Gasteiger partial charge on any atom is 0.261 e. The molecule has 0 heterocycles. The van der Waals surface area contributed by atoms with E-state index in [0.29, 0.717) is 17.0 Å². The van der Waals surface area contributed by atoms with Gasteiger partial charge in [-0.2, -0.15) is 0 Å². The Morgan fingerprint density at radius 1 is 0.968 bits per heavy atom. The molecule has 31 heavy (non-hydrogen) atoms. The predicted molar refractivity (Wildman–Crippen MR) is 122 cm³/mol. The summed E-state index contributed by atoms with van der Waals surface area (Å²) >= 11 is 0. The maximum absolute atomic E-state index is 12.8. The largest absolute Gasteiger partial charge is 0.497 e. The molecule has 3 aromatic carbocycles. The third-order valence-corrected chi connectivity index (χ3v) is 6.38. The van der Waals surface area contributed by atoms with Crippen molar-refractivity contribution < 1.29 is 17.9 Å². The summed E-state index contributed by atoms with van der Waals surface area (Å²) in [5.74, 6) is 0.286. The number of methoxy groups -OCH3 is 1. The monoisotopic (exact) mass is 438 g/mol. The highest BCUT2D eigenvalue weighted by molar-refractivity contribution is 7.92. The summed E-state index contributed by atoms with van der Waals surface area (Å²) in [7, 11) is -2.28. The van der Waals surface area contributed by atoms with Crippen LogP contribution in [0.15, 0.2) is 71.6 Å². The van der Waals surface area contributed by atoms with Gasteiger partial charge >= 0.3 is 0 Å². The van der Waals surface area contributed by atoms with Crippen molar-refractivity contribution in [3.8, 4) is 5.75 Å². The van der Waals surface area contributed by atoms with Crippen LogP contribution in [-0.4, -0.2) is 21.4 Å². The minimum absolute atomic E-state index is 0.103. The number of ether oxygens (including phenoxy) is 1. The van der Waals surface area contributed by atoms with E-state index in [2.05, 4.69) is 16.1 Å². The topological polar surface area (TPSA) is 84.5 Å². The summed E-state index contributed by atoms with van der Waals surface area (Å²) in [6, 6.07) is 18.4. The molecule has 0 radical (unpaired) electrons. The fraction of sp³-hybridized carbons (Fsp3) is 0.208. The van der Waals surface area contributed by atoms with Crippen molar-refractivity contribution in [3.63, 3.8) is 0 Å². The highest BCUT2D eigenvalue weighted by atomic mass is 32.2. The molecule has 0 fully saturated rings. The molecule has 0 bridgehead atoms. The highest BCUT2D eigenvalue weighted by Crippen LogP contribution is 2.22. The Hall–Kier alpha value is -3.32. The maximum atomic E-state index is 12.8. The second-order valence-electron chi connectivity index (χ2n) is 7.42. The number of amides is 1. The zero-order valence-corrected chi connectivity index (χ0v) is 18.8. The van der Waals surface area contributed by atoms with E-state index < -0.39 is 10.0 Å². The molecule has 0 aromatic heterocycles. The van der Waals surface area contributed by atoms with Crippen LogP contribution in [0.5, 0.6) is 5.75 Å². The zero-order chi connectivity index (χ0) is 22.6. The predicted octanol–water partition coefficient (Wildman–Crippen LogP) is 4.60. The molecular formula is C24H26N2O4S. The SMILES string of the molecule is COc1ccc(S(=O)(=O)Nc2cccc(C(=O)N[C@H](C)c3ccc(C)cc3C)c2)cc1. The molecule has 3 aromatic rings. The Labute approximate surface area is 183 Å². The number of carbonyl (C=O) groups is 1. The number of hydrogen-bond acceptors (Lipinski definition) is 4. The van der Waals surface area contributed by atoms with Gasteiger partial charge in [0.2, 0.25) is 0 Å². The highest BCUT2D eigenvalue weighted by Gasteiger charge is 2.17. The lowest BCUT2D eigenvalue weighted by Crippen LogP contribution is -2.27. The first-order valence-electron chi connectivity index (χ1n) is 9.84. The van der Waals surface area contributed by atoms with Gasteiger partial charge in [0.25, 0.3) is 15.9 Å². The van der Waals surface area contributed by atoms with Crippen LogP contribution in [0.25, 0.3) is 0 Å². The van der Waals surface area contributed by atoms with Crippen molar-refractivity contribution in [1.82, 2.24) is 5.32 Å². The summed E-state index contributed by atoms with van der Waals surface area (Å²) < 4.78 is 32.9. The average Bonchev–Trinajstić information content (AvgIpc) is 2.73. The molecule has 2 N–H and O–H groups in total. The first-order chi connectivity index (χ1) is 14.7. The van der Waals surface area contributed by atoms with Crippen LogP contribution < -0.4 is 14.8 Å². The van der Waals surface area contributed by atoms with Gasteiger partial charge in [-0.25, -0.2) is 8.42 Å². The number of hydrogen-bond donors (Lipinski definition) is 2. The van der Waals surface area contributed by atoms with E-state index in [4.69, 9.17) is 4.74 Å². The molecule has 0 saturated heterocycles. The second kappa shape index (κ2) is 9.22. The quantitative estimate of drug-likeness (QED) is 0.564. The molecule has 1 atom stereocenters. The van der Waals surface area contributed by atoms with Crippen molar-refractivity contribution in [2.45, 2.75) is 31.7 Å². The Morgan fingerprint density at radius 2 is 1.68 bits per heavy atom. The molecule has 0 unspecified atom stereocenters. The number of rotatable bonds is 7. The summed E-state index contributed by atoms with van der Waals surface area (Å²) in [4.78, 5) is 12.9. The third kappa shape index (κ3) is 5.44. The standard InChI is InChI=1S/C24H26N2O4S/c1-16-8-13-23(17(2)14-16)18(3)25-24(27)19-6-5-7-20(15-19)26-31(28,29)22-11-9-21(30-4)10-12-22/h5-15,18,26H,1-4H3,(H,25,27)/t18-/m1/s1. The number of anilines is 1. The third-order valence-electron chi connectivity index (χ3n) is 4.99. The fourth-order valence-electron chi connectivity index (χ4n) is 3.36. The fourth-order valence-corrected chi connectivity index (χ4v) is 4.41. The lowest BCUT2D eigenvalue weighted by molar-refractivity contribution is 0.0940. The molecule has 3 rings (SSSR count). The Morgan fingerprint density at radius 3 is 2.32 bits per heavy atom. The van der Waals surface area contributed by atoms with Crippen molar-refractivity contribution in [1.29, 1.82) is 0 Å². The van der Waals surface area contributed by atoms with Crippen molar-refractivity contribution in [2.24, 2.45) is 0 Å². The van der Waals surface area contributed by atoms with Gasteiger partial charge in [0.1, 0.15) is 5.75 Å². The Kier molecular flexibility index (Phi) is 6.65. The average molecular weight is 439 g/mol. The lowest BCUT2D eigenvalue weighted by Gasteiger charge is -2.17. The molecule has 6 nitrogen and oxygen atoms in total. The molecule has 0 aliphatic heterocycles. The van der Waals surface area contributed by atoms with Crippen molar-refractivity contribution in [3.05, 3.63) is 89.0 Å². The number of nitrogens with one attached hydrogen (secondary N) is 2. The van der Waals surface area contributed by atoms with Gasteiger partial charge in [-0.15, -0.1) is 0 Å². The van der Waals surface area contributed by atoms with Crippen molar-refractivity contribution in [2.75, 3.05) is 11.8 Å². The normalized spacial score (nSPS) is 12.1. The van der Waals surface area contributed by atoms with E-state index >= 15 is 0 Å². The van der Waals surface area contributed by atoms with Gasteiger partial charge in [0, 0.05) is 11.3 Å². The minimum Gasteiger partial charge on any atom is -0.497 e. The summed E-state index contributed by atoms with van der Waals surface area (Å²) in [6.45, 7) is 5.96. The van der Waals surface area contributed by atoms with Gasteiger partial charge in [0.15, 0.2) is 0 Å². The van der Waals surface area contributed by atoms with Gasteiger partial charge in [-0.3, -0.25) is 9.52 Å². The Balaban J connectivity index is 1.75. The summed E-state index contributed by atoms with van der Waals surface area (Å²) in [6.07, 6.45) is 0. The van der Waals surface area contributed by atoms with Gasteiger partial charge in [0.05, 0.1) is 18.0 Å². The zero-order valence-electron chi connectivity index (χ0n) is 18.0. The molecule has 0 saturated carbocycles. The molecule has 0 aliphatic carbocycles. The van der Waals surface area contributed by atoms with Crippen LogP contribution in [0.2, 0.25) is 0 Å². The molecule has 0 spiro atoms. The Bertz CT molecular complexity index is 1190. The lowest BCUT2D eigenvalue weighted by atomic mass is 10.00. The first-order valence-corrected chi connectivity index (χ1v) is 11.3. The van der Waals surface area contributed by atoms with E-state index in [1.807, 2.05) is 32.9 Å². The van der Waals surface area contributed by atoms with Gasteiger partial charge < -0.3 is 10.1 Å². The van der Waals surface area contributed by atoms with E-state index in [9.17, 15) is 13.2 Å². The number of benzene rings is 3. The van der Waals surface area contributed by atoms with Crippen molar-refractivity contribution >= 4 is 21.6 Å². The van der Waals surface area contributed by atoms with Crippen LogP contribution in [-0.2, 0) is 10.0 Å². The summed E-state index contributed by atoms with van der Waals surface area (Å²) in [5, 5.41) is 2.98. The molecule has 1 amide bonds. The smallest absolute Gasteiger partial charge is 0.261 e. The van der Waals surface area contributed by atoms with E-state index in [1.165, 1.54) is 25.3 Å². The number of aryl methyl sites for hydroxylation is 2. The van der Waals surface area contributed by atoms with Gasteiger partial charge in [-0.1, -0.05) is 29.8 Å². The van der Waals surface area contributed by atoms with Gasteiger partial charge in [-0.05, 0) is 74.4 Å². The molecule has 0 aliphatic rings. The van der Waals surface area contributed by atoms with E-state index in [-0.39, 0.29) is 16.8 Å². The molecule has 7 heteroatoms. The van der Waals surface area contributed by atoms with Crippen LogP contribution in [0.4, 0.5) is 5.69 Å².